The summed E-state index contributed by atoms with van der Waals surface area (Å²) in [6.07, 6.45) is 7.58. The van der Waals surface area contributed by atoms with Crippen LogP contribution in [0.3, 0.4) is 0 Å². The fraction of sp³-hybridized carbons (Fsp3) is 0.909. The molecule has 0 spiro atoms. The van der Waals surface area contributed by atoms with E-state index in [1.165, 1.54) is 32.1 Å². The second kappa shape index (κ2) is 4.40. The molecule has 0 N–H and O–H groups in total. The van der Waals surface area contributed by atoms with Crippen molar-refractivity contribution in [3.05, 3.63) is 0 Å². The van der Waals surface area contributed by atoms with Gasteiger partial charge in [0.05, 0.1) is 0 Å². The quantitative estimate of drug-likeness (QED) is 0.635. The Morgan fingerprint density at radius 1 is 1.15 bits per heavy atom. The summed E-state index contributed by atoms with van der Waals surface area (Å²) in [7, 11) is -1.48. The Kier molecular flexibility index (Phi) is 3.71. The molecule has 1 aliphatic rings. The third-order valence-electron chi connectivity index (χ3n) is 3.04. The molecule has 0 aromatic rings. The van der Waals surface area contributed by atoms with Gasteiger partial charge in [0.1, 0.15) is 13.5 Å². The molecule has 2 heteroatoms. The van der Waals surface area contributed by atoms with Crippen molar-refractivity contribution in [2.45, 2.75) is 58.2 Å². The molecular formula is C11H22OSi. The Hall–Kier alpha value is -0.113. The molecule has 0 aliphatic heterocycles. The summed E-state index contributed by atoms with van der Waals surface area (Å²) < 4.78 is 0. The summed E-state index contributed by atoms with van der Waals surface area (Å²) in [4.78, 5) is 11.8. The van der Waals surface area contributed by atoms with Gasteiger partial charge in [0.25, 0.3) is 0 Å². The van der Waals surface area contributed by atoms with Crippen molar-refractivity contribution in [3.63, 3.8) is 0 Å². The van der Waals surface area contributed by atoms with E-state index in [0.29, 0.717) is 5.41 Å². The van der Waals surface area contributed by atoms with Gasteiger partial charge in [0.15, 0.2) is 0 Å². The third kappa shape index (κ3) is 3.63. The van der Waals surface area contributed by atoms with Crippen LogP contribution in [0.5, 0.6) is 0 Å². The highest BCUT2D eigenvalue weighted by atomic mass is 28.3. The molecule has 1 rings (SSSR count). The number of carbonyl (C=O) groups is 1. The largest absolute Gasteiger partial charge is 0.305 e. The first-order valence-corrected chi connectivity index (χ1v) is 9.03. The zero-order chi connectivity index (χ0) is 9.90. The first-order chi connectivity index (χ1) is 6.00. The fourth-order valence-corrected chi connectivity index (χ4v) is 2.86. The summed E-state index contributed by atoms with van der Waals surface area (Å²) in [6, 6.07) is 0. The van der Waals surface area contributed by atoms with E-state index in [9.17, 15) is 4.79 Å². The van der Waals surface area contributed by atoms with Gasteiger partial charge in [-0.1, -0.05) is 51.7 Å². The highest BCUT2D eigenvalue weighted by Gasteiger charge is 2.27. The topological polar surface area (TPSA) is 17.1 Å². The molecule has 0 radical (unpaired) electrons. The smallest absolute Gasteiger partial charge is 0.123 e. The summed E-state index contributed by atoms with van der Waals surface area (Å²) in [5.74, 6) is 0.730. The van der Waals surface area contributed by atoms with E-state index in [1.54, 1.807) is 0 Å². The van der Waals surface area contributed by atoms with Crippen molar-refractivity contribution < 1.29 is 4.79 Å². The van der Waals surface area contributed by atoms with E-state index in [-0.39, 0.29) is 0 Å². The van der Waals surface area contributed by atoms with Crippen LogP contribution < -0.4 is 0 Å². The minimum Gasteiger partial charge on any atom is -0.305 e. The molecule has 0 atom stereocenters. The van der Waals surface area contributed by atoms with Crippen molar-refractivity contribution in [2.75, 3.05) is 0 Å². The summed E-state index contributed by atoms with van der Waals surface area (Å²) in [5, 5.41) is 0.583. The van der Waals surface area contributed by atoms with Gasteiger partial charge in [0, 0.05) is 6.42 Å². The molecule has 1 nitrogen and oxygen atoms in total. The second-order valence-corrected chi connectivity index (χ2v) is 10.4. The van der Waals surface area contributed by atoms with Crippen LogP contribution in [0, 0.1) is 5.92 Å². The fourth-order valence-electron chi connectivity index (χ4n) is 1.96. The number of carbonyl (C=O) groups excluding carboxylic acids is 1. The average Bonchev–Trinajstić information content (AvgIpc) is 2.04. The van der Waals surface area contributed by atoms with Crippen LogP contribution in [0.1, 0.15) is 38.5 Å². The highest BCUT2D eigenvalue weighted by Crippen LogP contribution is 2.27. The molecular weight excluding hydrogens is 176 g/mol. The van der Waals surface area contributed by atoms with Gasteiger partial charge in [-0.05, 0) is 5.92 Å². The second-order valence-electron chi connectivity index (χ2n) is 5.38. The van der Waals surface area contributed by atoms with E-state index in [0.717, 1.165) is 12.3 Å². The average molecular weight is 198 g/mol. The highest BCUT2D eigenvalue weighted by molar-refractivity contribution is 7.03. The molecule has 1 saturated carbocycles. The normalized spacial score (nSPS) is 20.2. The maximum absolute atomic E-state index is 11.8. The molecule has 0 saturated heterocycles. The van der Waals surface area contributed by atoms with Gasteiger partial charge in [0.2, 0.25) is 0 Å². The van der Waals surface area contributed by atoms with Gasteiger partial charge in [-0.15, -0.1) is 0 Å². The Bertz CT molecular complexity index is 175. The van der Waals surface area contributed by atoms with E-state index >= 15 is 0 Å². The van der Waals surface area contributed by atoms with Crippen LogP contribution in [-0.2, 0) is 4.79 Å². The Balaban J connectivity index is 2.35. The van der Waals surface area contributed by atoms with Gasteiger partial charge >= 0.3 is 0 Å². The van der Waals surface area contributed by atoms with Crippen LogP contribution in [0.15, 0.2) is 0 Å². The van der Waals surface area contributed by atoms with Crippen molar-refractivity contribution in [2.24, 2.45) is 5.92 Å². The first-order valence-electron chi connectivity index (χ1n) is 5.53. The minimum atomic E-state index is -1.48. The SMILES string of the molecule is C[Si](C)(C)C(=O)CC1CCCCC1. The van der Waals surface area contributed by atoms with Crippen molar-refractivity contribution >= 4 is 13.5 Å². The summed E-state index contributed by atoms with van der Waals surface area (Å²) in [6.45, 7) is 6.49. The Morgan fingerprint density at radius 3 is 2.15 bits per heavy atom. The van der Waals surface area contributed by atoms with Gasteiger partial charge < -0.3 is 4.79 Å². The Morgan fingerprint density at radius 2 is 1.69 bits per heavy atom. The molecule has 0 bridgehead atoms. The van der Waals surface area contributed by atoms with Crippen LogP contribution in [-0.4, -0.2) is 13.5 Å². The predicted molar refractivity (Wildman–Crippen MR) is 59.5 cm³/mol. The first kappa shape index (κ1) is 11.0. The number of hydrogen-bond donors (Lipinski definition) is 0. The van der Waals surface area contributed by atoms with Crippen LogP contribution in [0.25, 0.3) is 0 Å². The molecule has 0 aromatic carbocycles. The molecule has 0 aromatic heterocycles. The van der Waals surface area contributed by atoms with E-state index in [1.807, 2.05) is 0 Å². The zero-order valence-corrected chi connectivity index (χ0v) is 10.2. The minimum absolute atomic E-state index is 0.583. The van der Waals surface area contributed by atoms with Crippen LogP contribution in [0.4, 0.5) is 0 Å². The van der Waals surface area contributed by atoms with Crippen molar-refractivity contribution in [3.8, 4) is 0 Å². The van der Waals surface area contributed by atoms with E-state index in [2.05, 4.69) is 19.6 Å². The predicted octanol–water partition coefficient (Wildman–Crippen LogP) is 3.40. The lowest BCUT2D eigenvalue weighted by Crippen LogP contribution is -2.35. The molecule has 0 amide bonds. The van der Waals surface area contributed by atoms with Crippen molar-refractivity contribution in [1.82, 2.24) is 0 Å². The van der Waals surface area contributed by atoms with Crippen LogP contribution in [0.2, 0.25) is 19.6 Å². The van der Waals surface area contributed by atoms with Gasteiger partial charge in [-0.25, -0.2) is 0 Å². The molecule has 1 fully saturated rings. The maximum Gasteiger partial charge on any atom is 0.123 e. The molecule has 13 heavy (non-hydrogen) atoms. The number of hydrogen-bond acceptors (Lipinski definition) is 1. The molecule has 1 aliphatic carbocycles. The van der Waals surface area contributed by atoms with Crippen molar-refractivity contribution in [1.29, 1.82) is 0 Å². The molecule has 0 heterocycles. The summed E-state index contributed by atoms with van der Waals surface area (Å²) >= 11 is 0. The lowest BCUT2D eigenvalue weighted by atomic mass is 9.87. The standard InChI is InChI=1S/C11H22OSi/c1-13(2,3)11(12)9-10-7-5-4-6-8-10/h10H,4-9H2,1-3H3. The monoisotopic (exact) mass is 198 g/mol. The third-order valence-corrected chi connectivity index (χ3v) is 4.91. The van der Waals surface area contributed by atoms with Crippen LogP contribution >= 0.6 is 0 Å². The van der Waals surface area contributed by atoms with E-state index < -0.39 is 8.07 Å². The summed E-state index contributed by atoms with van der Waals surface area (Å²) in [5.41, 5.74) is 0. The molecule has 0 unspecified atom stereocenters. The Labute approximate surface area is 82.9 Å². The zero-order valence-electron chi connectivity index (χ0n) is 9.23. The lowest BCUT2D eigenvalue weighted by Gasteiger charge is -2.23. The lowest BCUT2D eigenvalue weighted by molar-refractivity contribution is -0.113. The maximum atomic E-state index is 11.8. The molecule has 76 valence electrons. The van der Waals surface area contributed by atoms with Gasteiger partial charge in [-0.3, -0.25) is 0 Å². The van der Waals surface area contributed by atoms with Gasteiger partial charge in [-0.2, -0.15) is 0 Å². The number of rotatable bonds is 3. The van der Waals surface area contributed by atoms with E-state index in [4.69, 9.17) is 0 Å².